The predicted molar refractivity (Wildman–Crippen MR) is 101 cm³/mol. The molecule has 0 amide bonds. The molecule has 1 aromatic carbocycles. The lowest BCUT2D eigenvalue weighted by atomic mass is 10.3. The van der Waals surface area contributed by atoms with Crippen LogP contribution in [0.5, 0.6) is 5.75 Å². The molecule has 26 heavy (non-hydrogen) atoms. The van der Waals surface area contributed by atoms with Crippen molar-refractivity contribution in [3.8, 4) is 28.1 Å². The highest BCUT2D eigenvalue weighted by atomic mass is 35.5. The molecule has 0 saturated heterocycles. The molecule has 9 heteroatoms. The van der Waals surface area contributed by atoms with Crippen LogP contribution in [0.4, 0.5) is 0 Å². The van der Waals surface area contributed by atoms with Gasteiger partial charge in [-0.05, 0) is 35.7 Å². The zero-order chi connectivity index (χ0) is 18.1. The first-order chi connectivity index (χ1) is 12.6. The molecule has 0 aliphatic carbocycles. The number of nitrogens with zero attached hydrogens (tertiary/aromatic N) is 2. The maximum absolute atomic E-state index is 6.10. The van der Waals surface area contributed by atoms with E-state index in [1.54, 1.807) is 24.3 Å². The number of aromatic nitrogens is 2. The maximum atomic E-state index is 6.10. The molecule has 0 spiro atoms. The van der Waals surface area contributed by atoms with Crippen LogP contribution in [0.2, 0.25) is 15.1 Å². The largest absolute Gasteiger partial charge is 0.483 e. The Hall–Kier alpha value is -1.99. The van der Waals surface area contributed by atoms with E-state index in [1.165, 1.54) is 11.3 Å². The van der Waals surface area contributed by atoms with Gasteiger partial charge in [0.25, 0.3) is 5.89 Å². The Morgan fingerprint density at radius 2 is 1.88 bits per heavy atom. The number of hydrogen-bond acceptors (Lipinski definition) is 6. The van der Waals surface area contributed by atoms with Crippen molar-refractivity contribution in [1.82, 2.24) is 10.1 Å². The molecule has 0 aliphatic rings. The molecule has 0 saturated carbocycles. The third kappa shape index (κ3) is 3.59. The normalized spacial score (nSPS) is 11.0. The fourth-order valence-corrected chi connectivity index (χ4v) is 3.79. The average molecular weight is 428 g/mol. The molecule has 0 radical (unpaired) electrons. The standard InChI is InChI=1S/C17H9Cl3N2O3S/c18-9-6-11(19)15(12(20)7-9)23-8-10-3-4-13(24-10)17-21-16(22-25-17)14-2-1-5-26-14/h1-7H,8H2. The minimum atomic E-state index is 0.132. The summed E-state index contributed by atoms with van der Waals surface area (Å²) in [6.07, 6.45) is 0. The van der Waals surface area contributed by atoms with Gasteiger partial charge >= 0.3 is 0 Å². The van der Waals surface area contributed by atoms with Crippen molar-refractivity contribution < 1.29 is 13.7 Å². The van der Waals surface area contributed by atoms with Crippen LogP contribution in [0.25, 0.3) is 22.4 Å². The number of rotatable bonds is 5. The monoisotopic (exact) mass is 426 g/mol. The second-order valence-electron chi connectivity index (χ2n) is 5.15. The van der Waals surface area contributed by atoms with E-state index in [0.717, 1.165) is 4.88 Å². The van der Waals surface area contributed by atoms with E-state index in [0.29, 0.717) is 44.1 Å². The summed E-state index contributed by atoms with van der Waals surface area (Å²) < 4.78 is 16.6. The SMILES string of the molecule is Clc1cc(Cl)c(OCc2ccc(-c3nc(-c4cccs4)no3)o2)c(Cl)c1. The topological polar surface area (TPSA) is 61.3 Å². The van der Waals surface area contributed by atoms with Gasteiger partial charge in [-0.15, -0.1) is 11.3 Å². The highest BCUT2D eigenvalue weighted by molar-refractivity contribution is 7.13. The zero-order valence-electron chi connectivity index (χ0n) is 12.9. The first-order valence-corrected chi connectivity index (χ1v) is 9.35. The van der Waals surface area contributed by atoms with E-state index >= 15 is 0 Å². The van der Waals surface area contributed by atoms with Crippen molar-refractivity contribution in [2.45, 2.75) is 6.61 Å². The Balaban J connectivity index is 1.49. The van der Waals surface area contributed by atoms with Gasteiger partial charge in [0.05, 0.1) is 14.9 Å². The van der Waals surface area contributed by atoms with Gasteiger partial charge in [-0.3, -0.25) is 0 Å². The van der Waals surface area contributed by atoms with Gasteiger partial charge < -0.3 is 13.7 Å². The van der Waals surface area contributed by atoms with Crippen LogP contribution < -0.4 is 4.74 Å². The summed E-state index contributed by atoms with van der Waals surface area (Å²) in [5.41, 5.74) is 0. The van der Waals surface area contributed by atoms with Gasteiger partial charge in [-0.1, -0.05) is 46.0 Å². The number of benzene rings is 1. The molecule has 132 valence electrons. The van der Waals surface area contributed by atoms with E-state index in [4.69, 9.17) is 48.5 Å². The molecule has 4 aromatic rings. The molecule has 0 bridgehead atoms. The third-order valence-electron chi connectivity index (χ3n) is 3.36. The van der Waals surface area contributed by atoms with Crippen molar-refractivity contribution >= 4 is 46.1 Å². The van der Waals surface area contributed by atoms with Crippen LogP contribution in [0, 0.1) is 0 Å². The van der Waals surface area contributed by atoms with Gasteiger partial charge in [-0.25, -0.2) is 0 Å². The van der Waals surface area contributed by atoms with Gasteiger partial charge in [0.1, 0.15) is 12.4 Å². The molecule has 0 unspecified atom stereocenters. The average Bonchev–Trinajstić information content (AvgIpc) is 3.34. The van der Waals surface area contributed by atoms with Crippen LogP contribution in [-0.2, 0) is 6.61 Å². The quantitative estimate of drug-likeness (QED) is 0.359. The number of halogens is 3. The van der Waals surface area contributed by atoms with Gasteiger partial charge in [0.2, 0.25) is 5.82 Å². The molecular weight excluding hydrogens is 419 g/mol. The van der Waals surface area contributed by atoms with E-state index in [1.807, 2.05) is 17.5 Å². The highest BCUT2D eigenvalue weighted by Gasteiger charge is 2.16. The molecule has 3 aromatic heterocycles. The molecule has 0 atom stereocenters. The Kier molecular flexibility index (Phi) is 4.91. The molecular formula is C17H9Cl3N2O3S. The molecule has 4 rings (SSSR count). The van der Waals surface area contributed by atoms with Crippen molar-refractivity contribution in [1.29, 1.82) is 0 Å². The van der Waals surface area contributed by atoms with Crippen LogP contribution in [0.3, 0.4) is 0 Å². The number of thiophene rings is 1. The summed E-state index contributed by atoms with van der Waals surface area (Å²) in [7, 11) is 0. The second-order valence-corrected chi connectivity index (χ2v) is 7.35. The Morgan fingerprint density at radius 1 is 1.08 bits per heavy atom. The lowest BCUT2D eigenvalue weighted by Gasteiger charge is -2.08. The van der Waals surface area contributed by atoms with Crippen LogP contribution in [-0.4, -0.2) is 10.1 Å². The van der Waals surface area contributed by atoms with Crippen LogP contribution in [0.15, 0.2) is 50.7 Å². The number of furan rings is 1. The van der Waals surface area contributed by atoms with E-state index < -0.39 is 0 Å². The van der Waals surface area contributed by atoms with E-state index in [2.05, 4.69) is 10.1 Å². The highest BCUT2D eigenvalue weighted by Crippen LogP contribution is 2.36. The minimum absolute atomic E-state index is 0.132. The molecule has 0 N–H and O–H groups in total. The van der Waals surface area contributed by atoms with Crippen molar-refractivity contribution in [2.24, 2.45) is 0 Å². The van der Waals surface area contributed by atoms with Gasteiger partial charge in [0, 0.05) is 5.02 Å². The minimum Gasteiger partial charge on any atom is -0.483 e. The van der Waals surface area contributed by atoms with Gasteiger partial charge in [-0.2, -0.15) is 4.98 Å². The van der Waals surface area contributed by atoms with Gasteiger partial charge in [0.15, 0.2) is 11.5 Å². The van der Waals surface area contributed by atoms with Crippen LogP contribution >= 0.6 is 46.1 Å². The molecule has 0 fully saturated rings. The summed E-state index contributed by atoms with van der Waals surface area (Å²) in [6.45, 7) is 0.132. The maximum Gasteiger partial charge on any atom is 0.293 e. The first kappa shape index (κ1) is 17.4. The van der Waals surface area contributed by atoms with E-state index in [9.17, 15) is 0 Å². The van der Waals surface area contributed by atoms with E-state index in [-0.39, 0.29) is 6.61 Å². The fraction of sp³-hybridized carbons (Fsp3) is 0.0588. The summed E-state index contributed by atoms with van der Waals surface area (Å²) in [5.74, 6) is 2.16. The Bertz CT molecular complexity index is 1020. The van der Waals surface area contributed by atoms with Crippen molar-refractivity contribution in [3.63, 3.8) is 0 Å². The number of ether oxygens (including phenoxy) is 1. The Morgan fingerprint density at radius 3 is 2.62 bits per heavy atom. The summed E-state index contributed by atoms with van der Waals surface area (Å²) in [6, 6.07) is 10.4. The van der Waals surface area contributed by atoms with Crippen molar-refractivity contribution in [2.75, 3.05) is 0 Å². The van der Waals surface area contributed by atoms with Crippen LogP contribution in [0.1, 0.15) is 5.76 Å². The Labute approximate surface area is 167 Å². The molecule has 3 heterocycles. The first-order valence-electron chi connectivity index (χ1n) is 7.34. The zero-order valence-corrected chi connectivity index (χ0v) is 16.0. The second kappa shape index (κ2) is 7.32. The summed E-state index contributed by atoms with van der Waals surface area (Å²) >= 11 is 19.6. The third-order valence-corrected chi connectivity index (χ3v) is 5.01. The predicted octanol–water partition coefficient (Wildman–Crippen LogP) is 6.60. The lowest BCUT2D eigenvalue weighted by Crippen LogP contribution is -1.95. The lowest BCUT2D eigenvalue weighted by molar-refractivity contribution is 0.270. The molecule has 0 aliphatic heterocycles. The summed E-state index contributed by atoms with van der Waals surface area (Å²) in [4.78, 5) is 5.25. The summed E-state index contributed by atoms with van der Waals surface area (Å²) in [5, 5.41) is 6.99. The number of hydrogen-bond donors (Lipinski definition) is 0. The fourth-order valence-electron chi connectivity index (χ4n) is 2.21. The molecule has 5 nitrogen and oxygen atoms in total. The van der Waals surface area contributed by atoms with Crippen molar-refractivity contribution in [3.05, 3.63) is 62.6 Å². The smallest absolute Gasteiger partial charge is 0.293 e.